The number of fused-ring (bicyclic) bond motifs is 1. The number of nitrogens with two attached hydrogens (primary N) is 1. The maximum Gasteiger partial charge on any atom is 0.234 e. The van der Waals surface area contributed by atoms with Gasteiger partial charge in [-0.3, -0.25) is 0 Å². The van der Waals surface area contributed by atoms with Gasteiger partial charge in [-0.2, -0.15) is 4.98 Å². The topological polar surface area (TPSA) is 74.2 Å². The van der Waals surface area contributed by atoms with Gasteiger partial charge in [0.15, 0.2) is 5.82 Å². The fraction of sp³-hybridized carbons (Fsp3) is 0.429. The van der Waals surface area contributed by atoms with E-state index in [9.17, 15) is 0 Å². The number of benzene rings is 1. The van der Waals surface area contributed by atoms with E-state index in [1.165, 1.54) is 0 Å². The van der Waals surface area contributed by atoms with Crippen molar-refractivity contribution in [2.24, 2.45) is 5.73 Å². The third kappa shape index (κ3) is 2.21. The molecule has 2 heterocycles. The van der Waals surface area contributed by atoms with Crippen LogP contribution in [-0.4, -0.2) is 16.7 Å². The van der Waals surface area contributed by atoms with Crippen LogP contribution in [0.3, 0.4) is 0 Å². The van der Waals surface area contributed by atoms with Crippen LogP contribution in [-0.2, 0) is 0 Å². The maximum atomic E-state index is 5.92. The van der Waals surface area contributed by atoms with Crippen LogP contribution < -0.4 is 10.5 Å². The van der Waals surface area contributed by atoms with E-state index in [0.717, 1.165) is 24.2 Å². The van der Waals surface area contributed by atoms with Gasteiger partial charge in [0.05, 0.1) is 18.6 Å². The first kappa shape index (κ1) is 12.2. The van der Waals surface area contributed by atoms with Gasteiger partial charge in [-0.15, -0.1) is 0 Å². The summed E-state index contributed by atoms with van der Waals surface area (Å²) in [5.74, 6) is 2.23. The molecule has 1 aromatic carbocycles. The summed E-state index contributed by atoms with van der Waals surface area (Å²) >= 11 is 0. The average Bonchev–Trinajstić information content (AvgIpc) is 2.95. The SMILES string of the molecule is CCC(N)c1noc(C2CCOc3ccccc32)n1. The summed E-state index contributed by atoms with van der Waals surface area (Å²) in [6, 6.07) is 7.81. The third-order valence-electron chi connectivity index (χ3n) is 3.49. The van der Waals surface area contributed by atoms with Crippen LogP contribution in [0.4, 0.5) is 0 Å². The summed E-state index contributed by atoms with van der Waals surface area (Å²) < 4.78 is 11.0. The second-order valence-corrected chi connectivity index (χ2v) is 4.73. The highest BCUT2D eigenvalue weighted by Crippen LogP contribution is 2.37. The van der Waals surface area contributed by atoms with E-state index in [1.807, 2.05) is 31.2 Å². The fourth-order valence-corrected chi connectivity index (χ4v) is 2.32. The first-order valence-corrected chi connectivity index (χ1v) is 6.60. The molecule has 2 aromatic rings. The molecule has 0 saturated carbocycles. The Balaban J connectivity index is 1.93. The van der Waals surface area contributed by atoms with Gasteiger partial charge in [-0.05, 0) is 18.9 Å². The van der Waals surface area contributed by atoms with Crippen molar-refractivity contribution < 1.29 is 9.26 Å². The molecule has 1 aliphatic heterocycles. The van der Waals surface area contributed by atoms with E-state index in [-0.39, 0.29) is 12.0 Å². The minimum atomic E-state index is -0.160. The van der Waals surface area contributed by atoms with Gasteiger partial charge < -0.3 is 15.0 Å². The zero-order valence-electron chi connectivity index (χ0n) is 10.9. The Hall–Kier alpha value is -1.88. The Labute approximate surface area is 111 Å². The number of nitrogens with zero attached hydrogens (tertiary/aromatic N) is 2. The molecule has 0 amide bonds. The predicted molar refractivity (Wildman–Crippen MR) is 69.9 cm³/mol. The zero-order valence-corrected chi connectivity index (χ0v) is 10.9. The molecule has 1 aromatic heterocycles. The lowest BCUT2D eigenvalue weighted by Gasteiger charge is -2.22. The molecule has 0 radical (unpaired) electrons. The standard InChI is InChI=1S/C14H17N3O2/c1-2-11(15)13-16-14(19-17-13)10-7-8-18-12-6-4-3-5-9(10)12/h3-6,10-11H,2,7-8,15H2,1H3. The van der Waals surface area contributed by atoms with Gasteiger partial charge in [0.25, 0.3) is 0 Å². The van der Waals surface area contributed by atoms with Crippen molar-refractivity contribution in [3.8, 4) is 5.75 Å². The van der Waals surface area contributed by atoms with Crippen molar-refractivity contribution in [3.63, 3.8) is 0 Å². The maximum absolute atomic E-state index is 5.92. The minimum Gasteiger partial charge on any atom is -0.493 e. The van der Waals surface area contributed by atoms with Crippen LogP contribution in [0.5, 0.6) is 5.75 Å². The van der Waals surface area contributed by atoms with Gasteiger partial charge in [0.1, 0.15) is 5.75 Å². The molecule has 2 N–H and O–H groups in total. The van der Waals surface area contributed by atoms with Crippen LogP contribution in [0.25, 0.3) is 0 Å². The first-order chi connectivity index (χ1) is 9.29. The molecule has 100 valence electrons. The molecule has 0 spiro atoms. The summed E-state index contributed by atoms with van der Waals surface area (Å²) in [4.78, 5) is 4.45. The van der Waals surface area contributed by atoms with Crippen molar-refractivity contribution in [1.82, 2.24) is 10.1 Å². The molecule has 5 nitrogen and oxygen atoms in total. The van der Waals surface area contributed by atoms with Crippen molar-refractivity contribution in [2.75, 3.05) is 6.61 Å². The summed E-state index contributed by atoms with van der Waals surface area (Å²) in [6.45, 7) is 2.67. The van der Waals surface area contributed by atoms with Crippen LogP contribution in [0.1, 0.15) is 49.0 Å². The van der Waals surface area contributed by atoms with E-state index >= 15 is 0 Å². The molecular formula is C14H17N3O2. The van der Waals surface area contributed by atoms with Crippen molar-refractivity contribution in [1.29, 1.82) is 0 Å². The monoisotopic (exact) mass is 259 g/mol. The Morgan fingerprint density at radius 1 is 1.42 bits per heavy atom. The van der Waals surface area contributed by atoms with E-state index in [0.29, 0.717) is 18.3 Å². The second kappa shape index (κ2) is 5.01. The molecule has 1 aliphatic rings. The molecule has 0 aliphatic carbocycles. The van der Waals surface area contributed by atoms with E-state index in [1.54, 1.807) is 0 Å². The molecule has 0 bridgehead atoms. The van der Waals surface area contributed by atoms with Gasteiger partial charge in [-0.25, -0.2) is 0 Å². The van der Waals surface area contributed by atoms with Crippen LogP contribution in [0.15, 0.2) is 28.8 Å². The van der Waals surface area contributed by atoms with Gasteiger partial charge in [0, 0.05) is 5.56 Å². The molecule has 0 saturated heterocycles. The number of ether oxygens (including phenoxy) is 1. The normalized spacial score (nSPS) is 19.6. The Morgan fingerprint density at radius 2 is 2.26 bits per heavy atom. The first-order valence-electron chi connectivity index (χ1n) is 6.60. The number of hydrogen-bond donors (Lipinski definition) is 1. The summed E-state index contributed by atoms with van der Waals surface area (Å²) in [5, 5.41) is 3.98. The quantitative estimate of drug-likeness (QED) is 0.916. The van der Waals surface area contributed by atoms with Gasteiger partial charge in [-0.1, -0.05) is 30.3 Å². The van der Waals surface area contributed by atoms with E-state index < -0.39 is 0 Å². The molecule has 2 unspecified atom stereocenters. The molecule has 2 atom stereocenters. The molecular weight excluding hydrogens is 242 g/mol. The summed E-state index contributed by atoms with van der Waals surface area (Å²) in [5.41, 5.74) is 7.03. The fourth-order valence-electron chi connectivity index (χ4n) is 2.32. The Bertz CT molecular complexity index is 567. The smallest absolute Gasteiger partial charge is 0.234 e. The third-order valence-corrected chi connectivity index (χ3v) is 3.49. The van der Waals surface area contributed by atoms with Crippen LogP contribution in [0.2, 0.25) is 0 Å². The lowest BCUT2D eigenvalue weighted by Crippen LogP contribution is -2.16. The van der Waals surface area contributed by atoms with Crippen molar-refractivity contribution >= 4 is 0 Å². The number of para-hydroxylation sites is 1. The highest BCUT2D eigenvalue weighted by Gasteiger charge is 2.28. The number of rotatable bonds is 3. The molecule has 5 heteroatoms. The predicted octanol–water partition coefficient (Wildman–Crippen LogP) is 2.39. The number of hydrogen-bond acceptors (Lipinski definition) is 5. The summed E-state index contributed by atoms with van der Waals surface area (Å²) in [7, 11) is 0. The second-order valence-electron chi connectivity index (χ2n) is 4.73. The lowest BCUT2D eigenvalue weighted by atomic mass is 9.93. The summed E-state index contributed by atoms with van der Waals surface area (Å²) in [6.07, 6.45) is 1.64. The largest absolute Gasteiger partial charge is 0.493 e. The van der Waals surface area contributed by atoms with Crippen molar-refractivity contribution in [2.45, 2.75) is 31.7 Å². The highest BCUT2D eigenvalue weighted by molar-refractivity contribution is 5.40. The van der Waals surface area contributed by atoms with E-state index in [2.05, 4.69) is 10.1 Å². The van der Waals surface area contributed by atoms with Crippen LogP contribution in [0, 0.1) is 0 Å². The van der Waals surface area contributed by atoms with Crippen LogP contribution >= 0.6 is 0 Å². The highest BCUT2D eigenvalue weighted by atomic mass is 16.5. The van der Waals surface area contributed by atoms with Gasteiger partial charge in [0.2, 0.25) is 5.89 Å². The Morgan fingerprint density at radius 3 is 3.11 bits per heavy atom. The minimum absolute atomic E-state index is 0.107. The van der Waals surface area contributed by atoms with Crippen molar-refractivity contribution in [3.05, 3.63) is 41.5 Å². The molecule has 0 fully saturated rings. The average molecular weight is 259 g/mol. The molecule has 3 rings (SSSR count). The lowest BCUT2D eigenvalue weighted by molar-refractivity contribution is 0.256. The number of aromatic nitrogens is 2. The van der Waals surface area contributed by atoms with Gasteiger partial charge >= 0.3 is 0 Å². The molecule has 19 heavy (non-hydrogen) atoms. The zero-order chi connectivity index (χ0) is 13.2. The van der Waals surface area contributed by atoms with E-state index in [4.69, 9.17) is 15.0 Å². The Kier molecular flexibility index (Phi) is 3.21.